The minimum absolute atomic E-state index is 0.105. The lowest BCUT2D eigenvalue weighted by atomic mass is 9.94. The van der Waals surface area contributed by atoms with Crippen LogP contribution in [0.2, 0.25) is 0 Å². The maximum Gasteiger partial charge on any atom is 0.407 e. The van der Waals surface area contributed by atoms with Gasteiger partial charge in [0.15, 0.2) is 0 Å². The molecule has 2 rings (SSSR count). The van der Waals surface area contributed by atoms with Crippen LogP contribution in [0.4, 0.5) is 4.79 Å². The average Bonchev–Trinajstić information content (AvgIpc) is 2.75. The summed E-state index contributed by atoms with van der Waals surface area (Å²) in [6, 6.07) is 17.3. The van der Waals surface area contributed by atoms with Crippen molar-refractivity contribution in [2.45, 2.75) is 52.2 Å². The first-order chi connectivity index (χ1) is 16.4. The second-order valence-corrected chi connectivity index (χ2v) is 10.9. The van der Waals surface area contributed by atoms with Crippen LogP contribution < -0.4 is 5.32 Å². The minimum atomic E-state index is -3.76. The maximum atomic E-state index is 12.5. The number of rotatable bonds is 11. The molecule has 9 heteroatoms. The average molecular weight is 506 g/mol. The Morgan fingerprint density at radius 1 is 0.971 bits per heavy atom. The fourth-order valence-electron chi connectivity index (χ4n) is 3.46. The molecule has 1 N–H and O–H groups in total. The molecule has 2 aromatic carbocycles. The van der Waals surface area contributed by atoms with Crippen molar-refractivity contribution in [2.24, 2.45) is 5.92 Å². The number of hydrogen-bond acceptors (Lipinski definition) is 7. The Morgan fingerprint density at radius 2 is 1.57 bits per heavy atom. The van der Waals surface area contributed by atoms with Gasteiger partial charge in [0.05, 0.1) is 25.4 Å². The summed E-state index contributed by atoms with van der Waals surface area (Å²) in [7, 11) is -3.76. The van der Waals surface area contributed by atoms with Crippen LogP contribution in [0.25, 0.3) is 11.1 Å². The van der Waals surface area contributed by atoms with E-state index in [-0.39, 0.29) is 19.6 Å². The highest BCUT2D eigenvalue weighted by Crippen LogP contribution is 2.21. The third-order valence-electron chi connectivity index (χ3n) is 4.94. The summed E-state index contributed by atoms with van der Waals surface area (Å²) in [5, 5.41) is 2.82. The van der Waals surface area contributed by atoms with E-state index in [4.69, 9.17) is 13.7 Å². The zero-order valence-corrected chi connectivity index (χ0v) is 21.8. The smallest absolute Gasteiger partial charge is 0.407 e. The molecule has 0 radical (unpaired) electrons. The number of amides is 1. The van der Waals surface area contributed by atoms with Gasteiger partial charge >= 0.3 is 12.1 Å². The Hall–Kier alpha value is -2.91. The molecule has 1 amide bonds. The molecule has 35 heavy (non-hydrogen) atoms. The van der Waals surface area contributed by atoms with Gasteiger partial charge in [-0.1, -0.05) is 54.6 Å². The molecule has 0 aliphatic heterocycles. The molecule has 0 fully saturated rings. The number of carbonyl (C=O) groups is 2. The molecule has 2 aromatic rings. The number of benzene rings is 2. The van der Waals surface area contributed by atoms with E-state index in [0.717, 1.165) is 22.9 Å². The lowest BCUT2D eigenvalue weighted by Gasteiger charge is -2.26. The van der Waals surface area contributed by atoms with Gasteiger partial charge in [0.25, 0.3) is 10.1 Å². The Bertz CT molecular complexity index is 1060. The van der Waals surface area contributed by atoms with E-state index >= 15 is 0 Å². The summed E-state index contributed by atoms with van der Waals surface area (Å²) in [6.45, 7) is 6.69. The normalized spacial score (nSPS) is 13.5. The van der Waals surface area contributed by atoms with Gasteiger partial charge in [-0.2, -0.15) is 8.42 Å². The van der Waals surface area contributed by atoms with E-state index in [1.807, 2.05) is 54.6 Å². The Balaban J connectivity index is 2.23. The third kappa shape index (κ3) is 10.9. The summed E-state index contributed by atoms with van der Waals surface area (Å²) < 4.78 is 38.4. The first-order valence-corrected chi connectivity index (χ1v) is 13.3. The molecule has 8 nitrogen and oxygen atoms in total. The number of carbonyl (C=O) groups excluding carboxylic acids is 2. The summed E-state index contributed by atoms with van der Waals surface area (Å²) in [4.78, 5) is 25.0. The molecule has 0 bridgehead atoms. The topological polar surface area (TPSA) is 108 Å². The molecule has 0 heterocycles. The van der Waals surface area contributed by atoms with Gasteiger partial charge < -0.3 is 14.8 Å². The van der Waals surface area contributed by atoms with Crippen LogP contribution in [0, 0.1) is 5.92 Å². The number of nitrogens with one attached hydrogen (secondary N) is 1. The fourth-order valence-corrected chi connectivity index (χ4v) is 3.87. The van der Waals surface area contributed by atoms with Crippen molar-refractivity contribution in [3.05, 3.63) is 60.2 Å². The zero-order chi connectivity index (χ0) is 26.1. The second kappa shape index (κ2) is 12.7. The summed E-state index contributed by atoms with van der Waals surface area (Å²) in [6.07, 6.45) is 0.784. The van der Waals surface area contributed by atoms with E-state index in [0.29, 0.717) is 6.42 Å². The van der Waals surface area contributed by atoms with Gasteiger partial charge in [-0.25, -0.2) is 4.79 Å². The largest absolute Gasteiger partial charge is 0.466 e. The van der Waals surface area contributed by atoms with Gasteiger partial charge in [0.2, 0.25) is 0 Å². The highest BCUT2D eigenvalue weighted by atomic mass is 32.2. The Morgan fingerprint density at radius 3 is 2.11 bits per heavy atom. The molecule has 0 aromatic heterocycles. The molecule has 2 atom stereocenters. The lowest BCUT2D eigenvalue weighted by molar-refractivity contribution is -0.149. The van der Waals surface area contributed by atoms with Crippen molar-refractivity contribution < 1.29 is 31.7 Å². The molecular formula is C26H35NO7S. The highest BCUT2D eigenvalue weighted by Gasteiger charge is 2.28. The van der Waals surface area contributed by atoms with E-state index in [1.165, 1.54) is 0 Å². The molecule has 0 unspecified atom stereocenters. The van der Waals surface area contributed by atoms with Crippen LogP contribution in [0.15, 0.2) is 54.6 Å². The van der Waals surface area contributed by atoms with Gasteiger partial charge in [-0.3, -0.25) is 8.98 Å². The first kappa shape index (κ1) is 28.3. The van der Waals surface area contributed by atoms with Crippen molar-refractivity contribution >= 4 is 22.2 Å². The Kier molecular flexibility index (Phi) is 10.3. The van der Waals surface area contributed by atoms with Gasteiger partial charge in [0.1, 0.15) is 5.60 Å². The standard InChI is InChI=1S/C26H35NO7S/c1-6-32-24(28)22(18-33-35(5,30)31)17-23(27-25(29)34-26(2,3)4)16-19-12-14-21(15-13-19)20-10-8-7-9-11-20/h7-15,22-23H,6,16-18H2,1-5H3,(H,27,29)/t22-,23+/m0/s1. The fraction of sp³-hybridized carbons (Fsp3) is 0.462. The summed E-state index contributed by atoms with van der Waals surface area (Å²) in [5.41, 5.74) is 2.36. The summed E-state index contributed by atoms with van der Waals surface area (Å²) in [5.74, 6) is -1.49. The molecule has 0 aliphatic carbocycles. The number of hydrogen-bond donors (Lipinski definition) is 1. The van der Waals surface area contributed by atoms with Crippen LogP contribution in [-0.4, -0.2) is 51.6 Å². The van der Waals surface area contributed by atoms with Gasteiger partial charge in [-0.15, -0.1) is 0 Å². The zero-order valence-electron chi connectivity index (χ0n) is 20.9. The van der Waals surface area contributed by atoms with Crippen molar-refractivity contribution in [1.82, 2.24) is 5.32 Å². The van der Waals surface area contributed by atoms with Crippen LogP contribution in [0.3, 0.4) is 0 Å². The third-order valence-corrected chi connectivity index (χ3v) is 5.50. The predicted octanol–water partition coefficient (Wildman–Crippen LogP) is 4.34. The molecule has 0 saturated heterocycles. The first-order valence-electron chi connectivity index (χ1n) is 11.5. The van der Waals surface area contributed by atoms with Gasteiger partial charge in [0, 0.05) is 6.04 Å². The summed E-state index contributed by atoms with van der Waals surface area (Å²) >= 11 is 0. The van der Waals surface area contributed by atoms with Crippen LogP contribution in [0.1, 0.15) is 39.7 Å². The minimum Gasteiger partial charge on any atom is -0.466 e. The highest BCUT2D eigenvalue weighted by molar-refractivity contribution is 7.85. The quantitative estimate of drug-likeness (QED) is 0.358. The molecule has 0 spiro atoms. The number of esters is 1. The monoisotopic (exact) mass is 505 g/mol. The van der Waals surface area contributed by atoms with Crippen LogP contribution in [0.5, 0.6) is 0 Å². The van der Waals surface area contributed by atoms with Crippen LogP contribution >= 0.6 is 0 Å². The predicted molar refractivity (Wildman–Crippen MR) is 134 cm³/mol. The lowest BCUT2D eigenvalue weighted by Crippen LogP contribution is -2.42. The van der Waals surface area contributed by atoms with Crippen molar-refractivity contribution in [1.29, 1.82) is 0 Å². The second-order valence-electron chi connectivity index (χ2n) is 9.28. The number of ether oxygens (including phenoxy) is 2. The van der Waals surface area contributed by atoms with Gasteiger partial charge in [-0.05, 0) is 57.2 Å². The van der Waals surface area contributed by atoms with E-state index in [2.05, 4.69) is 5.32 Å². The van der Waals surface area contributed by atoms with Crippen molar-refractivity contribution in [2.75, 3.05) is 19.5 Å². The molecular weight excluding hydrogens is 470 g/mol. The van der Waals surface area contributed by atoms with Crippen LogP contribution in [-0.2, 0) is 35.0 Å². The van der Waals surface area contributed by atoms with E-state index in [9.17, 15) is 18.0 Å². The van der Waals surface area contributed by atoms with Crippen molar-refractivity contribution in [3.63, 3.8) is 0 Å². The maximum absolute atomic E-state index is 12.5. The molecule has 192 valence electrons. The SMILES string of the molecule is CCOC(=O)[C@H](COS(C)(=O)=O)C[C@@H](Cc1ccc(-c2ccccc2)cc1)NC(=O)OC(C)(C)C. The molecule has 0 aliphatic rings. The van der Waals surface area contributed by atoms with E-state index < -0.39 is 39.7 Å². The Labute approximate surface area is 208 Å². The van der Waals surface area contributed by atoms with Crippen molar-refractivity contribution in [3.8, 4) is 11.1 Å². The van der Waals surface area contributed by atoms with E-state index in [1.54, 1.807) is 27.7 Å². The molecule has 0 saturated carbocycles. The number of alkyl carbamates (subject to hydrolysis) is 1.